The second kappa shape index (κ2) is 6.48. The maximum Gasteiger partial charge on any atom is 0.233 e. The van der Waals surface area contributed by atoms with Gasteiger partial charge in [-0.25, -0.2) is 18.1 Å². The lowest BCUT2D eigenvalue weighted by atomic mass is 9.91. The van der Waals surface area contributed by atoms with Crippen LogP contribution in [0.3, 0.4) is 0 Å². The summed E-state index contributed by atoms with van der Waals surface area (Å²) in [6.07, 6.45) is 10.3. The van der Waals surface area contributed by atoms with Crippen molar-refractivity contribution in [2.75, 3.05) is 10.5 Å². The molecular formula is C15H20N4O2S. The Bertz CT molecular complexity index is 706. The number of pyridine rings is 1. The molecule has 1 fully saturated rings. The monoisotopic (exact) mass is 320 g/mol. The van der Waals surface area contributed by atoms with E-state index in [0.717, 1.165) is 25.7 Å². The van der Waals surface area contributed by atoms with E-state index in [9.17, 15) is 8.42 Å². The lowest BCUT2D eigenvalue weighted by molar-refractivity contribution is 0.385. The molecule has 2 aromatic heterocycles. The summed E-state index contributed by atoms with van der Waals surface area (Å²) in [6, 6.07) is 5.49. The molecule has 1 N–H and O–H groups in total. The van der Waals surface area contributed by atoms with Crippen LogP contribution in [0.25, 0.3) is 5.82 Å². The van der Waals surface area contributed by atoms with Crippen molar-refractivity contribution in [1.29, 1.82) is 0 Å². The van der Waals surface area contributed by atoms with Gasteiger partial charge in [-0.05, 0) is 30.9 Å². The molecule has 2 heterocycles. The normalized spacial score (nSPS) is 16.5. The molecule has 0 spiro atoms. The molecule has 0 atom stereocenters. The van der Waals surface area contributed by atoms with Crippen molar-refractivity contribution in [3.63, 3.8) is 0 Å². The van der Waals surface area contributed by atoms with Gasteiger partial charge in [-0.1, -0.05) is 25.3 Å². The van der Waals surface area contributed by atoms with Crippen molar-refractivity contribution >= 4 is 15.7 Å². The highest BCUT2D eigenvalue weighted by Gasteiger charge is 2.21. The average molecular weight is 320 g/mol. The highest BCUT2D eigenvalue weighted by atomic mass is 32.2. The van der Waals surface area contributed by atoms with Crippen molar-refractivity contribution in [3.8, 4) is 5.82 Å². The minimum absolute atomic E-state index is 0.196. The van der Waals surface area contributed by atoms with Gasteiger partial charge in [0.25, 0.3) is 0 Å². The molecule has 0 radical (unpaired) electrons. The van der Waals surface area contributed by atoms with Crippen LogP contribution in [0, 0.1) is 5.92 Å². The number of sulfonamides is 1. The van der Waals surface area contributed by atoms with Gasteiger partial charge in [0.1, 0.15) is 0 Å². The van der Waals surface area contributed by atoms with E-state index >= 15 is 0 Å². The summed E-state index contributed by atoms with van der Waals surface area (Å²) in [5.74, 6) is 1.12. The molecule has 0 saturated heterocycles. The minimum Gasteiger partial charge on any atom is -0.280 e. The van der Waals surface area contributed by atoms with Crippen molar-refractivity contribution in [1.82, 2.24) is 14.8 Å². The Morgan fingerprint density at radius 2 is 2.05 bits per heavy atom. The van der Waals surface area contributed by atoms with Crippen molar-refractivity contribution < 1.29 is 8.42 Å². The van der Waals surface area contributed by atoms with Gasteiger partial charge in [-0.3, -0.25) is 4.72 Å². The maximum absolute atomic E-state index is 12.3. The molecule has 3 rings (SSSR count). The fourth-order valence-corrected chi connectivity index (χ4v) is 4.38. The number of anilines is 1. The van der Waals surface area contributed by atoms with E-state index in [1.165, 1.54) is 12.6 Å². The molecule has 0 bridgehead atoms. The summed E-state index contributed by atoms with van der Waals surface area (Å²) < 4.78 is 28.7. The van der Waals surface area contributed by atoms with Crippen LogP contribution in [0.5, 0.6) is 0 Å². The zero-order chi connectivity index (χ0) is 15.4. The molecule has 0 unspecified atom stereocenters. The Balaban J connectivity index is 1.66. The number of nitrogens with zero attached hydrogens (tertiary/aromatic N) is 3. The summed E-state index contributed by atoms with van der Waals surface area (Å²) >= 11 is 0. The molecule has 2 aromatic rings. The number of nitrogens with one attached hydrogen (secondary N) is 1. The number of aromatic nitrogens is 3. The lowest BCUT2D eigenvalue weighted by Gasteiger charge is -2.21. The summed E-state index contributed by atoms with van der Waals surface area (Å²) in [7, 11) is -3.33. The predicted molar refractivity (Wildman–Crippen MR) is 85.3 cm³/mol. The molecule has 1 aliphatic rings. The first-order valence-electron chi connectivity index (χ1n) is 7.59. The number of rotatable bonds is 5. The average Bonchev–Trinajstić information content (AvgIpc) is 2.96. The predicted octanol–water partition coefficient (Wildman–Crippen LogP) is 2.59. The molecule has 1 aliphatic carbocycles. The maximum atomic E-state index is 12.3. The molecule has 6 nitrogen and oxygen atoms in total. The van der Waals surface area contributed by atoms with Crippen molar-refractivity contribution in [2.24, 2.45) is 5.92 Å². The van der Waals surface area contributed by atoms with Gasteiger partial charge in [-0.2, -0.15) is 5.10 Å². The molecule has 22 heavy (non-hydrogen) atoms. The van der Waals surface area contributed by atoms with Gasteiger partial charge < -0.3 is 0 Å². The third kappa shape index (κ3) is 3.85. The van der Waals surface area contributed by atoms with Gasteiger partial charge in [-0.15, -0.1) is 0 Å². The molecule has 0 aliphatic heterocycles. The van der Waals surface area contributed by atoms with Crippen molar-refractivity contribution in [2.45, 2.75) is 32.1 Å². The zero-order valence-electron chi connectivity index (χ0n) is 12.4. The number of hydrogen-bond donors (Lipinski definition) is 1. The SMILES string of the molecule is O=S(=O)(CC1CCCCC1)Nc1cnn(-c2ccccn2)c1. The zero-order valence-corrected chi connectivity index (χ0v) is 13.2. The third-order valence-corrected chi connectivity index (χ3v) is 5.38. The van der Waals surface area contributed by atoms with Gasteiger partial charge in [0.05, 0.1) is 23.8 Å². The smallest absolute Gasteiger partial charge is 0.233 e. The van der Waals surface area contributed by atoms with Crippen LogP contribution >= 0.6 is 0 Å². The molecular weight excluding hydrogens is 300 g/mol. The van der Waals surface area contributed by atoms with Crippen LogP contribution in [0.2, 0.25) is 0 Å². The quantitative estimate of drug-likeness (QED) is 0.918. The second-order valence-corrected chi connectivity index (χ2v) is 7.52. The topological polar surface area (TPSA) is 76.9 Å². The highest BCUT2D eigenvalue weighted by molar-refractivity contribution is 7.92. The van der Waals surface area contributed by atoms with E-state index in [1.54, 1.807) is 17.1 Å². The van der Waals surface area contributed by atoms with E-state index in [-0.39, 0.29) is 11.7 Å². The Kier molecular flexibility index (Phi) is 4.42. The van der Waals surface area contributed by atoms with Crippen LogP contribution in [-0.4, -0.2) is 28.9 Å². The fourth-order valence-electron chi connectivity index (χ4n) is 2.88. The van der Waals surface area contributed by atoms with Crippen LogP contribution in [0.4, 0.5) is 5.69 Å². The molecule has 1 saturated carbocycles. The summed E-state index contributed by atoms with van der Waals surface area (Å²) in [4.78, 5) is 4.18. The first kappa shape index (κ1) is 15.0. The van der Waals surface area contributed by atoms with Gasteiger partial charge >= 0.3 is 0 Å². The molecule has 7 heteroatoms. The van der Waals surface area contributed by atoms with Crippen LogP contribution in [-0.2, 0) is 10.0 Å². The highest BCUT2D eigenvalue weighted by Crippen LogP contribution is 2.25. The number of hydrogen-bond acceptors (Lipinski definition) is 4. The Hall–Kier alpha value is -1.89. The van der Waals surface area contributed by atoms with Crippen molar-refractivity contribution in [3.05, 3.63) is 36.8 Å². The van der Waals surface area contributed by atoms with Gasteiger partial charge in [0.15, 0.2) is 5.82 Å². The minimum atomic E-state index is -3.33. The molecule has 0 amide bonds. The second-order valence-electron chi connectivity index (χ2n) is 5.75. The lowest BCUT2D eigenvalue weighted by Crippen LogP contribution is -2.24. The Morgan fingerprint density at radius 1 is 1.23 bits per heavy atom. The summed E-state index contributed by atoms with van der Waals surface area (Å²) in [5.41, 5.74) is 0.474. The van der Waals surface area contributed by atoms with E-state index in [4.69, 9.17) is 0 Å². The van der Waals surface area contributed by atoms with E-state index in [2.05, 4.69) is 14.8 Å². The first-order chi connectivity index (χ1) is 10.6. The van der Waals surface area contributed by atoms with Gasteiger partial charge in [0.2, 0.25) is 10.0 Å². The molecule has 0 aromatic carbocycles. The van der Waals surface area contributed by atoms with Gasteiger partial charge in [0, 0.05) is 6.20 Å². The van der Waals surface area contributed by atoms with Crippen LogP contribution in [0.15, 0.2) is 36.8 Å². The fraction of sp³-hybridized carbons (Fsp3) is 0.467. The molecule has 118 valence electrons. The van der Waals surface area contributed by atoms with E-state index in [1.807, 2.05) is 18.2 Å². The van der Waals surface area contributed by atoms with E-state index < -0.39 is 10.0 Å². The summed E-state index contributed by atoms with van der Waals surface area (Å²) in [6.45, 7) is 0. The Labute approximate surface area is 130 Å². The van der Waals surface area contributed by atoms with Crippen LogP contribution < -0.4 is 4.72 Å². The third-order valence-electron chi connectivity index (χ3n) is 3.92. The summed E-state index contributed by atoms with van der Waals surface area (Å²) in [5, 5.41) is 4.14. The standard InChI is InChI=1S/C15H20N4O2S/c20-22(21,12-13-6-2-1-3-7-13)18-14-10-17-19(11-14)15-8-4-5-9-16-15/h4-5,8-11,13,18H,1-3,6-7,12H2. The largest absolute Gasteiger partial charge is 0.280 e. The Morgan fingerprint density at radius 3 is 2.77 bits per heavy atom. The van der Waals surface area contributed by atoms with E-state index in [0.29, 0.717) is 11.5 Å². The first-order valence-corrected chi connectivity index (χ1v) is 9.24. The van der Waals surface area contributed by atoms with Crippen LogP contribution in [0.1, 0.15) is 32.1 Å².